The minimum absolute atomic E-state index is 0.295. The summed E-state index contributed by atoms with van der Waals surface area (Å²) in [4.78, 5) is 31.0. The van der Waals surface area contributed by atoms with E-state index < -0.39 is 5.91 Å². The van der Waals surface area contributed by atoms with Gasteiger partial charge in [-0.2, -0.15) is 5.10 Å². The van der Waals surface area contributed by atoms with Crippen molar-refractivity contribution in [3.05, 3.63) is 124 Å². The zero-order valence-electron chi connectivity index (χ0n) is 19.4. The first-order valence-corrected chi connectivity index (χ1v) is 12.9. The van der Waals surface area contributed by atoms with Gasteiger partial charge in [-0.1, -0.05) is 57.9 Å². The van der Waals surface area contributed by atoms with Crippen LogP contribution in [0.3, 0.4) is 0 Å². The molecule has 2 N–H and O–H groups in total. The molecule has 6 nitrogen and oxygen atoms in total. The molecule has 0 radical (unpaired) electrons. The maximum absolute atomic E-state index is 13.0. The minimum atomic E-state index is -0.433. The summed E-state index contributed by atoms with van der Waals surface area (Å²) in [7, 11) is 0. The number of halogens is 1. The number of benzene rings is 3. The van der Waals surface area contributed by atoms with Crippen LogP contribution < -0.4 is 10.7 Å². The third-order valence-corrected chi connectivity index (χ3v) is 6.75. The number of carbonyl (C=O) groups is 2. The number of hydrogen-bond donors (Lipinski definition) is 2. The van der Waals surface area contributed by atoms with Crippen LogP contribution in [0.5, 0.6) is 0 Å². The van der Waals surface area contributed by atoms with Crippen molar-refractivity contribution in [1.82, 2.24) is 10.4 Å². The fraction of sp³-hybridized carbons (Fsp3) is 0.0714. The van der Waals surface area contributed by atoms with Crippen LogP contribution in [-0.4, -0.2) is 23.0 Å². The lowest BCUT2D eigenvalue weighted by Crippen LogP contribution is -2.21. The molecular formula is C28H23BrN4O2S. The van der Waals surface area contributed by atoms with Crippen molar-refractivity contribution in [2.45, 2.75) is 17.6 Å². The fourth-order valence-corrected chi connectivity index (χ4v) is 4.48. The van der Waals surface area contributed by atoms with Gasteiger partial charge in [0.2, 0.25) is 0 Å². The van der Waals surface area contributed by atoms with E-state index in [0.717, 1.165) is 27.3 Å². The number of rotatable bonds is 8. The van der Waals surface area contributed by atoms with Crippen molar-refractivity contribution >= 4 is 51.4 Å². The molecule has 1 heterocycles. The van der Waals surface area contributed by atoms with E-state index in [4.69, 9.17) is 0 Å². The Bertz CT molecular complexity index is 1390. The van der Waals surface area contributed by atoms with Crippen molar-refractivity contribution in [3.8, 4) is 0 Å². The smallest absolute Gasteiger partial charge is 0.273 e. The molecule has 0 saturated heterocycles. The van der Waals surface area contributed by atoms with E-state index in [0.29, 0.717) is 21.3 Å². The highest BCUT2D eigenvalue weighted by atomic mass is 79.9. The maximum atomic E-state index is 13.0. The first kappa shape index (κ1) is 25.3. The Balaban J connectivity index is 1.44. The molecule has 0 unspecified atom stereocenters. The van der Waals surface area contributed by atoms with Gasteiger partial charge in [-0.3, -0.25) is 14.6 Å². The van der Waals surface area contributed by atoms with Crippen molar-refractivity contribution < 1.29 is 9.59 Å². The molecule has 4 aromatic rings. The SMILES string of the molecule is Cc1ccc(/C=N/NC(=O)c2cc(Br)ccc2NC(=O)c2cccc(CSc3ccncc3)c2)cc1. The van der Waals surface area contributed by atoms with E-state index in [-0.39, 0.29) is 5.91 Å². The summed E-state index contributed by atoms with van der Waals surface area (Å²) in [6.07, 6.45) is 5.08. The molecule has 0 spiro atoms. The van der Waals surface area contributed by atoms with E-state index >= 15 is 0 Å². The predicted molar refractivity (Wildman–Crippen MR) is 149 cm³/mol. The molecule has 0 bridgehead atoms. The number of thioether (sulfide) groups is 1. The summed E-state index contributed by atoms with van der Waals surface area (Å²) in [6, 6.07) is 24.2. The molecule has 1 aromatic heterocycles. The molecule has 180 valence electrons. The minimum Gasteiger partial charge on any atom is -0.321 e. The van der Waals surface area contributed by atoms with Gasteiger partial charge in [0.1, 0.15) is 0 Å². The number of anilines is 1. The Morgan fingerprint density at radius 1 is 0.972 bits per heavy atom. The first-order valence-electron chi connectivity index (χ1n) is 11.1. The predicted octanol–water partition coefficient (Wildman–Crippen LogP) is 6.46. The molecule has 0 saturated carbocycles. The third kappa shape index (κ3) is 7.13. The number of nitrogens with zero attached hydrogens (tertiary/aromatic N) is 2. The normalized spacial score (nSPS) is 10.8. The molecule has 0 aliphatic heterocycles. The summed E-state index contributed by atoms with van der Waals surface area (Å²) in [5.41, 5.74) is 6.76. The van der Waals surface area contributed by atoms with E-state index in [1.54, 1.807) is 54.6 Å². The average molecular weight is 559 g/mol. The Labute approximate surface area is 222 Å². The van der Waals surface area contributed by atoms with E-state index in [2.05, 4.69) is 36.8 Å². The van der Waals surface area contributed by atoms with Crippen LogP contribution in [0.25, 0.3) is 0 Å². The van der Waals surface area contributed by atoms with Gasteiger partial charge < -0.3 is 5.32 Å². The number of hydrogen-bond acceptors (Lipinski definition) is 5. The van der Waals surface area contributed by atoms with Crippen LogP contribution >= 0.6 is 27.7 Å². The van der Waals surface area contributed by atoms with Gasteiger partial charge in [-0.15, -0.1) is 11.8 Å². The summed E-state index contributed by atoms with van der Waals surface area (Å²) in [6.45, 7) is 2.00. The number of aryl methyl sites for hydroxylation is 1. The lowest BCUT2D eigenvalue weighted by atomic mass is 10.1. The summed E-state index contributed by atoms with van der Waals surface area (Å²) in [5, 5.41) is 6.92. The van der Waals surface area contributed by atoms with Gasteiger partial charge in [0, 0.05) is 33.1 Å². The van der Waals surface area contributed by atoms with Gasteiger partial charge in [0.25, 0.3) is 11.8 Å². The number of carbonyl (C=O) groups excluding carboxylic acids is 2. The van der Waals surface area contributed by atoms with Gasteiger partial charge in [0.05, 0.1) is 17.5 Å². The zero-order chi connectivity index (χ0) is 25.3. The molecular weight excluding hydrogens is 536 g/mol. The Morgan fingerprint density at radius 3 is 2.53 bits per heavy atom. The maximum Gasteiger partial charge on any atom is 0.273 e. The average Bonchev–Trinajstić information content (AvgIpc) is 2.90. The van der Waals surface area contributed by atoms with Gasteiger partial charge in [-0.25, -0.2) is 5.43 Å². The van der Waals surface area contributed by atoms with Crippen LogP contribution in [0, 0.1) is 6.92 Å². The highest BCUT2D eigenvalue weighted by Gasteiger charge is 2.15. The van der Waals surface area contributed by atoms with Crippen molar-refractivity contribution in [2.75, 3.05) is 5.32 Å². The second kappa shape index (κ2) is 12.3. The molecule has 0 aliphatic rings. The monoisotopic (exact) mass is 558 g/mol. The van der Waals surface area contributed by atoms with Crippen molar-refractivity contribution in [1.29, 1.82) is 0 Å². The molecule has 0 aliphatic carbocycles. The van der Waals surface area contributed by atoms with Gasteiger partial charge in [0.15, 0.2) is 0 Å². The number of amides is 2. The molecule has 3 aromatic carbocycles. The second-order valence-corrected chi connectivity index (χ2v) is 9.89. The van der Waals surface area contributed by atoms with Crippen LogP contribution in [0.15, 0.2) is 106 Å². The molecule has 0 atom stereocenters. The lowest BCUT2D eigenvalue weighted by Gasteiger charge is -2.11. The van der Waals surface area contributed by atoms with Gasteiger partial charge in [-0.05, 0) is 60.5 Å². The molecule has 2 amide bonds. The third-order valence-electron chi connectivity index (χ3n) is 5.18. The van der Waals surface area contributed by atoms with E-state index in [1.165, 1.54) is 0 Å². The summed E-state index contributed by atoms with van der Waals surface area (Å²) < 4.78 is 0.711. The van der Waals surface area contributed by atoms with Crippen LogP contribution in [0.4, 0.5) is 5.69 Å². The molecule has 36 heavy (non-hydrogen) atoms. The zero-order valence-corrected chi connectivity index (χ0v) is 21.8. The standard InChI is InChI=1S/C28H23BrN4O2S/c1-19-5-7-20(8-6-19)17-31-33-28(35)25-16-23(29)9-10-26(25)32-27(34)22-4-2-3-21(15-22)18-36-24-11-13-30-14-12-24/h2-17H,18H2,1H3,(H,32,34)(H,33,35)/b31-17+. The Morgan fingerprint density at radius 2 is 1.75 bits per heavy atom. The van der Waals surface area contributed by atoms with Crippen molar-refractivity contribution in [3.63, 3.8) is 0 Å². The van der Waals surface area contributed by atoms with Crippen LogP contribution in [0.1, 0.15) is 37.4 Å². The Hall–Kier alpha value is -3.75. The van der Waals surface area contributed by atoms with E-state index in [1.807, 2.05) is 61.5 Å². The second-order valence-electron chi connectivity index (χ2n) is 7.93. The summed E-state index contributed by atoms with van der Waals surface area (Å²) >= 11 is 5.07. The lowest BCUT2D eigenvalue weighted by molar-refractivity contribution is 0.0956. The number of aromatic nitrogens is 1. The van der Waals surface area contributed by atoms with Crippen LogP contribution in [0.2, 0.25) is 0 Å². The van der Waals surface area contributed by atoms with Crippen molar-refractivity contribution in [2.24, 2.45) is 5.10 Å². The first-order chi connectivity index (χ1) is 17.5. The largest absolute Gasteiger partial charge is 0.321 e. The highest BCUT2D eigenvalue weighted by molar-refractivity contribution is 9.10. The Kier molecular flexibility index (Phi) is 8.65. The quantitative estimate of drug-likeness (QED) is 0.147. The molecule has 0 fully saturated rings. The number of hydrazone groups is 1. The number of nitrogens with one attached hydrogen (secondary N) is 2. The topological polar surface area (TPSA) is 83.5 Å². The van der Waals surface area contributed by atoms with E-state index in [9.17, 15) is 9.59 Å². The highest BCUT2D eigenvalue weighted by Crippen LogP contribution is 2.24. The summed E-state index contributed by atoms with van der Waals surface area (Å²) in [5.74, 6) is -0.0152. The number of pyridine rings is 1. The van der Waals surface area contributed by atoms with Crippen LogP contribution in [-0.2, 0) is 5.75 Å². The van der Waals surface area contributed by atoms with Gasteiger partial charge >= 0.3 is 0 Å². The molecule has 4 rings (SSSR count). The molecule has 8 heteroatoms. The fourth-order valence-electron chi connectivity index (χ4n) is 3.29.